The van der Waals surface area contributed by atoms with E-state index in [1.807, 2.05) is 0 Å². The quantitative estimate of drug-likeness (QED) is 0.774. The molecule has 2 fully saturated rings. The third-order valence-electron chi connectivity index (χ3n) is 3.97. The van der Waals surface area contributed by atoms with Crippen molar-refractivity contribution in [3.8, 4) is 0 Å². The second kappa shape index (κ2) is 5.99. The molecule has 2 rings (SSSR count). The Labute approximate surface area is 100 Å². The van der Waals surface area contributed by atoms with E-state index in [9.17, 15) is 0 Å². The van der Waals surface area contributed by atoms with Crippen LogP contribution in [0.5, 0.6) is 0 Å². The van der Waals surface area contributed by atoms with Crippen molar-refractivity contribution in [3.63, 3.8) is 0 Å². The lowest BCUT2D eigenvalue weighted by molar-refractivity contribution is 0.212. The van der Waals surface area contributed by atoms with Gasteiger partial charge in [0.25, 0.3) is 0 Å². The Morgan fingerprint density at radius 2 is 1.75 bits per heavy atom. The second-order valence-corrected chi connectivity index (χ2v) is 5.65. The fourth-order valence-electron chi connectivity index (χ4n) is 2.98. The largest absolute Gasteiger partial charge is 0.310 e. The van der Waals surface area contributed by atoms with Gasteiger partial charge in [0.05, 0.1) is 0 Å². The molecule has 2 heterocycles. The summed E-state index contributed by atoms with van der Waals surface area (Å²) in [6.07, 6.45) is 5.45. The summed E-state index contributed by atoms with van der Waals surface area (Å²) in [5.41, 5.74) is 0. The number of piperidine rings is 1. The smallest absolute Gasteiger partial charge is 0.0169 e. The van der Waals surface area contributed by atoms with Crippen molar-refractivity contribution in [3.05, 3.63) is 0 Å². The standard InChI is InChI=1S/C13H27N3/c1-12(11-16-7-3-4-8-16)14-13-5-9-15(2)10-6-13/h12-14H,3-11H2,1-2H3. The first-order chi connectivity index (χ1) is 7.74. The normalized spacial score (nSPS) is 27.4. The van der Waals surface area contributed by atoms with E-state index < -0.39 is 0 Å². The summed E-state index contributed by atoms with van der Waals surface area (Å²) >= 11 is 0. The first-order valence-corrected chi connectivity index (χ1v) is 6.91. The molecule has 1 atom stereocenters. The number of rotatable bonds is 4. The van der Waals surface area contributed by atoms with E-state index in [1.54, 1.807) is 0 Å². The topological polar surface area (TPSA) is 18.5 Å². The maximum atomic E-state index is 3.80. The number of nitrogens with one attached hydrogen (secondary N) is 1. The van der Waals surface area contributed by atoms with Crippen molar-refractivity contribution in [1.82, 2.24) is 15.1 Å². The highest BCUT2D eigenvalue weighted by molar-refractivity contribution is 4.80. The highest BCUT2D eigenvalue weighted by Gasteiger charge is 2.20. The molecule has 0 aromatic rings. The summed E-state index contributed by atoms with van der Waals surface area (Å²) in [6, 6.07) is 1.42. The van der Waals surface area contributed by atoms with Crippen molar-refractivity contribution in [2.24, 2.45) is 0 Å². The van der Waals surface area contributed by atoms with Gasteiger partial charge in [-0.05, 0) is 65.8 Å². The van der Waals surface area contributed by atoms with Gasteiger partial charge < -0.3 is 15.1 Å². The summed E-state index contributed by atoms with van der Waals surface area (Å²) in [5, 5.41) is 3.80. The maximum absolute atomic E-state index is 3.80. The van der Waals surface area contributed by atoms with E-state index in [1.165, 1.54) is 58.4 Å². The van der Waals surface area contributed by atoms with Crippen LogP contribution in [0.4, 0.5) is 0 Å². The van der Waals surface area contributed by atoms with Crippen molar-refractivity contribution < 1.29 is 0 Å². The number of hydrogen-bond donors (Lipinski definition) is 1. The van der Waals surface area contributed by atoms with Crippen molar-refractivity contribution in [1.29, 1.82) is 0 Å². The minimum Gasteiger partial charge on any atom is -0.310 e. The van der Waals surface area contributed by atoms with Gasteiger partial charge in [0.15, 0.2) is 0 Å². The van der Waals surface area contributed by atoms with Crippen LogP contribution in [0, 0.1) is 0 Å². The Balaban J connectivity index is 1.64. The van der Waals surface area contributed by atoms with E-state index in [0.29, 0.717) is 6.04 Å². The molecule has 0 aromatic heterocycles. The molecule has 0 aliphatic carbocycles. The predicted molar refractivity (Wildman–Crippen MR) is 68.8 cm³/mol. The van der Waals surface area contributed by atoms with Gasteiger partial charge in [0.1, 0.15) is 0 Å². The minimum atomic E-state index is 0.659. The first-order valence-electron chi connectivity index (χ1n) is 6.91. The Morgan fingerprint density at radius 3 is 2.38 bits per heavy atom. The molecule has 0 spiro atoms. The van der Waals surface area contributed by atoms with E-state index in [-0.39, 0.29) is 0 Å². The lowest BCUT2D eigenvalue weighted by atomic mass is 10.0. The third-order valence-corrected chi connectivity index (χ3v) is 3.97. The molecule has 2 saturated heterocycles. The molecule has 2 aliphatic rings. The Kier molecular flexibility index (Phi) is 4.62. The molecule has 0 saturated carbocycles. The van der Waals surface area contributed by atoms with Gasteiger partial charge in [0, 0.05) is 18.6 Å². The van der Waals surface area contributed by atoms with E-state index in [4.69, 9.17) is 0 Å². The maximum Gasteiger partial charge on any atom is 0.0169 e. The molecule has 0 bridgehead atoms. The van der Waals surface area contributed by atoms with Crippen LogP contribution < -0.4 is 5.32 Å². The molecular weight excluding hydrogens is 198 g/mol. The lowest BCUT2D eigenvalue weighted by Gasteiger charge is -2.32. The van der Waals surface area contributed by atoms with Crippen LogP contribution in [-0.4, -0.2) is 61.7 Å². The van der Waals surface area contributed by atoms with Crippen molar-refractivity contribution in [2.45, 2.75) is 44.7 Å². The average Bonchev–Trinajstić information content (AvgIpc) is 2.74. The summed E-state index contributed by atoms with van der Waals surface area (Å²) in [4.78, 5) is 5.04. The number of likely N-dealkylation sites (tertiary alicyclic amines) is 2. The van der Waals surface area contributed by atoms with Crippen LogP contribution in [0.2, 0.25) is 0 Å². The second-order valence-electron chi connectivity index (χ2n) is 5.65. The van der Waals surface area contributed by atoms with Gasteiger partial charge >= 0.3 is 0 Å². The summed E-state index contributed by atoms with van der Waals surface area (Å²) in [6.45, 7) is 8.74. The van der Waals surface area contributed by atoms with E-state index in [0.717, 1.165) is 6.04 Å². The highest BCUT2D eigenvalue weighted by atomic mass is 15.2. The summed E-state index contributed by atoms with van der Waals surface area (Å²) in [5.74, 6) is 0. The van der Waals surface area contributed by atoms with Gasteiger partial charge in [-0.2, -0.15) is 0 Å². The summed E-state index contributed by atoms with van der Waals surface area (Å²) in [7, 11) is 2.23. The minimum absolute atomic E-state index is 0.659. The molecule has 0 amide bonds. The van der Waals surface area contributed by atoms with Gasteiger partial charge in [-0.25, -0.2) is 0 Å². The molecule has 0 radical (unpaired) electrons. The molecule has 2 aliphatic heterocycles. The lowest BCUT2D eigenvalue weighted by Crippen LogP contribution is -2.47. The average molecular weight is 225 g/mol. The predicted octanol–water partition coefficient (Wildman–Crippen LogP) is 1.15. The summed E-state index contributed by atoms with van der Waals surface area (Å²) < 4.78 is 0. The third kappa shape index (κ3) is 3.72. The fourth-order valence-corrected chi connectivity index (χ4v) is 2.98. The Bertz CT molecular complexity index is 193. The number of hydrogen-bond acceptors (Lipinski definition) is 3. The highest BCUT2D eigenvalue weighted by Crippen LogP contribution is 2.11. The first kappa shape index (κ1) is 12.3. The molecule has 16 heavy (non-hydrogen) atoms. The zero-order valence-electron chi connectivity index (χ0n) is 10.9. The number of nitrogens with zero attached hydrogens (tertiary/aromatic N) is 2. The SMILES string of the molecule is CC(CN1CCCC1)NC1CCN(C)CC1. The zero-order valence-corrected chi connectivity index (χ0v) is 10.9. The van der Waals surface area contributed by atoms with Crippen LogP contribution in [0.25, 0.3) is 0 Å². The van der Waals surface area contributed by atoms with Crippen LogP contribution in [0.15, 0.2) is 0 Å². The molecular formula is C13H27N3. The molecule has 3 heteroatoms. The Morgan fingerprint density at radius 1 is 1.12 bits per heavy atom. The van der Waals surface area contributed by atoms with Crippen molar-refractivity contribution in [2.75, 3.05) is 39.8 Å². The van der Waals surface area contributed by atoms with Gasteiger partial charge in [-0.15, -0.1) is 0 Å². The van der Waals surface area contributed by atoms with Gasteiger partial charge in [-0.3, -0.25) is 0 Å². The van der Waals surface area contributed by atoms with Crippen LogP contribution in [-0.2, 0) is 0 Å². The van der Waals surface area contributed by atoms with Gasteiger partial charge in [0.2, 0.25) is 0 Å². The monoisotopic (exact) mass is 225 g/mol. The fraction of sp³-hybridized carbons (Fsp3) is 1.00. The Hall–Kier alpha value is -0.120. The molecule has 1 unspecified atom stereocenters. The van der Waals surface area contributed by atoms with E-state index in [2.05, 4.69) is 29.1 Å². The van der Waals surface area contributed by atoms with Crippen LogP contribution in [0.1, 0.15) is 32.6 Å². The molecule has 0 aromatic carbocycles. The van der Waals surface area contributed by atoms with Crippen LogP contribution >= 0.6 is 0 Å². The van der Waals surface area contributed by atoms with Crippen molar-refractivity contribution >= 4 is 0 Å². The van der Waals surface area contributed by atoms with E-state index >= 15 is 0 Å². The van der Waals surface area contributed by atoms with Crippen LogP contribution in [0.3, 0.4) is 0 Å². The van der Waals surface area contributed by atoms with Gasteiger partial charge in [-0.1, -0.05) is 0 Å². The zero-order chi connectivity index (χ0) is 11.4. The molecule has 94 valence electrons. The molecule has 3 nitrogen and oxygen atoms in total. The molecule has 1 N–H and O–H groups in total.